The summed E-state index contributed by atoms with van der Waals surface area (Å²) in [6.45, 7) is 2.66. The molecule has 1 fully saturated rings. The summed E-state index contributed by atoms with van der Waals surface area (Å²) in [5.41, 5.74) is 0. The highest BCUT2D eigenvalue weighted by Crippen LogP contribution is 2.12. The van der Waals surface area contributed by atoms with Crippen LogP contribution in [0.4, 0.5) is 0 Å². The second kappa shape index (κ2) is 8.21. The average molecular weight is 325 g/mol. The van der Waals surface area contributed by atoms with Gasteiger partial charge in [0.1, 0.15) is 0 Å². The molecule has 2 heterocycles. The lowest BCUT2D eigenvalue weighted by Gasteiger charge is -2.09. The van der Waals surface area contributed by atoms with E-state index in [1.807, 2.05) is 17.5 Å². The fraction of sp³-hybridized carbons (Fsp3) is 0.667. The molecule has 7 heteroatoms. The van der Waals surface area contributed by atoms with Gasteiger partial charge < -0.3 is 5.32 Å². The minimum Gasteiger partial charge on any atom is -0.316 e. The monoisotopic (exact) mass is 324 g/mol. The lowest BCUT2D eigenvalue weighted by atomic mass is 10.1. The van der Waals surface area contributed by atoms with Crippen molar-refractivity contribution in [1.82, 2.24) is 10.0 Å². The number of hydrogen-bond donors (Lipinski definition) is 2. The van der Waals surface area contributed by atoms with Crippen LogP contribution in [0.25, 0.3) is 0 Å². The molecule has 1 saturated heterocycles. The van der Waals surface area contributed by atoms with Crippen LogP contribution in [-0.4, -0.2) is 33.8 Å². The zero-order valence-corrected chi connectivity index (χ0v) is 13.2. The van der Waals surface area contributed by atoms with Gasteiger partial charge in [-0.25, -0.2) is 13.1 Å². The smallest absolute Gasteiger partial charge is 0.211 e. The van der Waals surface area contributed by atoms with E-state index in [2.05, 4.69) is 10.0 Å². The van der Waals surface area contributed by atoms with Gasteiger partial charge in [-0.3, -0.25) is 0 Å². The van der Waals surface area contributed by atoms with Gasteiger partial charge in [0, 0.05) is 11.4 Å². The van der Waals surface area contributed by atoms with Crippen LogP contribution in [0.2, 0.25) is 0 Å². The molecule has 1 aromatic rings. The molecule has 110 valence electrons. The Hall–Kier alpha value is -0.140. The van der Waals surface area contributed by atoms with E-state index in [-0.39, 0.29) is 18.2 Å². The van der Waals surface area contributed by atoms with Crippen molar-refractivity contribution in [2.24, 2.45) is 5.92 Å². The van der Waals surface area contributed by atoms with Crippen LogP contribution in [0.15, 0.2) is 17.5 Å². The average Bonchev–Trinajstić information content (AvgIpc) is 2.99. The Balaban J connectivity index is 0.00000180. The van der Waals surface area contributed by atoms with Crippen LogP contribution in [0.5, 0.6) is 0 Å². The first kappa shape index (κ1) is 16.9. The highest BCUT2D eigenvalue weighted by molar-refractivity contribution is 7.89. The van der Waals surface area contributed by atoms with Crippen LogP contribution >= 0.6 is 23.7 Å². The fourth-order valence-electron chi connectivity index (χ4n) is 2.14. The van der Waals surface area contributed by atoms with E-state index in [1.165, 1.54) is 0 Å². The Morgan fingerprint density at radius 2 is 2.32 bits per heavy atom. The lowest BCUT2D eigenvalue weighted by Crippen LogP contribution is -2.29. The molecule has 2 N–H and O–H groups in total. The van der Waals surface area contributed by atoms with E-state index in [0.29, 0.717) is 18.9 Å². The second-order valence-corrected chi connectivity index (χ2v) is 7.65. The zero-order chi connectivity index (χ0) is 12.8. The molecule has 0 spiro atoms. The topological polar surface area (TPSA) is 58.2 Å². The zero-order valence-electron chi connectivity index (χ0n) is 10.8. The molecule has 1 aromatic heterocycles. The van der Waals surface area contributed by atoms with E-state index < -0.39 is 10.0 Å². The number of aryl methyl sites for hydroxylation is 1. The van der Waals surface area contributed by atoms with Crippen molar-refractivity contribution >= 4 is 33.8 Å². The predicted molar refractivity (Wildman–Crippen MR) is 82.7 cm³/mol. The van der Waals surface area contributed by atoms with Crippen LogP contribution < -0.4 is 10.0 Å². The third-order valence-corrected chi connectivity index (χ3v) is 5.56. The van der Waals surface area contributed by atoms with Gasteiger partial charge in [0.05, 0.1) is 5.75 Å². The molecule has 0 radical (unpaired) electrons. The first-order chi connectivity index (χ1) is 8.66. The van der Waals surface area contributed by atoms with Crippen molar-refractivity contribution in [2.45, 2.75) is 19.3 Å². The van der Waals surface area contributed by atoms with Crippen LogP contribution in [0.1, 0.15) is 17.7 Å². The molecular formula is C12H21ClN2O2S2. The van der Waals surface area contributed by atoms with Gasteiger partial charge in [-0.2, -0.15) is 0 Å². The van der Waals surface area contributed by atoms with E-state index in [9.17, 15) is 8.42 Å². The summed E-state index contributed by atoms with van der Waals surface area (Å²) in [5, 5.41) is 5.26. The third kappa shape index (κ3) is 6.23. The predicted octanol–water partition coefficient (Wildman–Crippen LogP) is 1.63. The summed E-state index contributed by atoms with van der Waals surface area (Å²) in [6.07, 6.45) is 2.71. The van der Waals surface area contributed by atoms with E-state index >= 15 is 0 Å². The highest BCUT2D eigenvalue weighted by Gasteiger charge is 2.16. The van der Waals surface area contributed by atoms with Crippen molar-refractivity contribution in [3.05, 3.63) is 22.4 Å². The SMILES string of the molecule is Cl.O=S(=O)(CCc1cccs1)NCCC1CCNC1. The summed E-state index contributed by atoms with van der Waals surface area (Å²) in [6, 6.07) is 3.93. The van der Waals surface area contributed by atoms with Crippen molar-refractivity contribution in [3.8, 4) is 0 Å². The summed E-state index contributed by atoms with van der Waals surface area (Å²) in [7, 11) is -3.11. The summed E-state index contributed by atoms with van der Waals surface area (Å²) >= 11 is 1.61. The van der Waals surface area contributed by atoms with Crippen LogP contribution in [0, 0.1) is 5.92 Å². The fourth-order valence-corrected chi connectivity index (χ4v) is 4.04. The van der Waals surface area contributed by atoms with E-state index in [1.54, 1.807) is 11.3 Å². The van der Waals surface area contributed by atoms with Crippen LogP contribution in [-0.2, 0) is 16.4 Å². The largest absolute Gasteiger partial charge is 0.316 e. The van der Waals surface area contributed by atoms with Gasteiger partial charge in [-0.15, -0.1) is 23.7 Å². The number of thiophene rings is 1. The molecule has 0 aromatic carbocycles. The van der Waals surface area contributed by atoms with Crippen molar-refractivity contribution < 1.29 is 8.42 Å². The molecule has 0 amide bonds. The summed E-state index contributed by atoms with van der Waals surface area (Å²) in [4.78, 5) is 1.13. The number of hydrogen-bond acceptors (Lipinski definition) is 4. The van der Waals surface area contributed by atoms with E-state index in [4.69, 9.17) is 0 Å². The molecule has 1 aliphatic rings. The molecule has 0 bridgehead atoms. The molecular weight excluding hydrogens is 304 g/mol. The number of halogens is 1. The van der Waals surface area contributed by atoms with Crippen molar-refractivity contribution in [1.29, 1.82) is 0 Å². The minimum atomic E-state index is -3.11. The first-order valence-electron chi connectivity index (χ1n) is 6.36. The summed E-state index contributed by atoms with van der Waals surface area (Å²) < 4.78 is 26.3. The van der Waals surface area contributed by atoms with Gasteiger partial charge in [0.25, 0.3) is 0 Å². The molecule has 2 rings (SSSR count). The second-order valence-electron chi connectivity index (χ2n) is 4.69. The Morgan fingerprint density at radius 3 is 2.95 bits per heavy atom. The quantitative estimate of drug-likeness (QED) is 0.801. The Bertz CT molecular complexity index is 442. The third-order valence-electron chi connectivity index (χ3n) is 3.23. The number of nitrogens with one attached hydrogen (secondary N) is 2. The molecule has 1 unspecified atom stereocenters. The summed E-state index contributed by atoms with van der Waals surface area (Å²) in [5.74, 6) is 0.821. The van der Waals surface area contributed by atoms with Crippen molar-refractivity contribution in [3.63, 3.8) is 0 Å². The van der Waals surface area contributed by atoms with Crippen molar-refractivity contribution in [2.75, 3.05) is 25.4 Å². The van der Waals surface area contributed by atoms with Gasteiger partial charge in [0.15, 0.2) is 0 Å². The maximum Gasteiger partial charge on any atom is 0.211 e. The first-order valence-corrected chi connectivity index (χ1v) is 8.89. The normalized spacial score (nSPS) is 19.3. The van der Waals surface area contributed by atoms with Crippen LogP contribution in [0.3, 0.4) is 0 Å². The maximum atomic E-state index is 11.8. The van der Waals surface area contributed by atoms with Gasteiger partial charge in [-0.05, 0) is 49.7 Å². The standard InChI is InChI=1S/C12H20N2O2S2.ClH/c15-18(16,9-5-12-2-1-8-17-12)14-7-4-11-3-6-13-10-11;/h1-2,8,11,13-14H,3-7,9-10H2;1H. The Morgan fingerprint density at radius 1 is 1.47 bits per heavy atom. The molecule has 4 nitrogen and oxygen atoms in total. The van der Waals surface area contributed by atoms with Gasteiger partial charge in [0.2, 0.25) is 10.0 Å². The Labute approximate surface area is 125 Å². The molecule has 1 atom stereocenters. The Kier molecular flexibility index (Phi) is 7.31. The number of sulfonamides is 1. The molecule has 0 aliphatic carbocycles. The number of rotatable bonds is 7. The molecule has 0 saturated carbocycles. The maximum absolute atomic E-state index is 11.8. The lowest BCUT2D eigenvalue weighted by molar-refractivity contribution is 0.519. The van der Waals surface area contributed by atoms with E-state index in [0.717, 1.165) is 30.8 Å². The molecule has 19 heavy (non-hydrogen) atoms. The van der Waals surface area contributed by atoms with Gasteiger partial charge >= 0.3 is 0 Å². The highest BCUT2D eigenvalue weighted by atomic mass is 35.5. The molecule has 1 aliphatic heterocycles. The minimum absolute atomic E-state index is 0. The van der Waals surface area contributed by atoms with Gasteiger partial charge in [-0.1, -0.05) is 6.07 Å².